The lowest BCUT2D eigenvalue weighted by atomic mass is 10.3. The number of nitrogens with one attached hydrogen (secondary N) is 1. The van der Waals surface area contributed by atoms with E-state index in [9.17, 15) is 4.79 Å². The Labute approximate surface area is 162 Å². The van der Waals surface area contributed by atoms with Crippen LogP contribution in [0.4, 0.5) is 5.69 Å². The number of tetrazole rings is 1. The first kappa shape index (κ1) is 17.3. The topological polar surface area (TPSA) is 98.5 Å². The Morgan fingerprint density at radius 1 is 1.04 bits per heavy atom. The van der Waals surface area contributed by atoms with Crippen molar-refractivity contribution >= 4 is 34.7 Å². The maximum Gasteiger partial charge on any atom is 0.276 e. The predicted molar refractivity (Wildman–Crippen MR) is 102 cm³/mol. The number of aromatic nitrogens is 6. The third-order valence-electron chi connectivity index (χ3n) is 3.48. The molecule has 0 bridgehead atoms. The molecule has 8 nitrogen and oxygen atoms in total. The molecule has 0 aliphatic heterocycles. The minimum atomic E-state index is -0.312. The number of hydrogen-bond donors (Lipinski definition) is 1. The summed E-state index contributed by atoms with van der Waals surface area (Å²) in [5.74, 6) is -0.312. The molecule has 0 saturated heterocycles. The Morgan fingerprint density at radius 2 is 1.93 bits per heavy atom. The van der Waals surface area contributed by atoms with Crippen LogP contribution in [0.3, 0.4) is 0 Å². The van der Waals surface area contributed by atoms with E-state index in [0.29, 0.717) is 22.4 Å². The number of nitrogens with zero attached hydrogens (tertiary/aromatic N) is 6. The molecule has 4 aromatic rings. The van der Waals surface area contributed by atoms with Crippen LogP contribution in [0.15, 0.2) is 70.2 Å². The molecule has 10 heteroatoms. The molecule has 3 heterocycles. The van der Waals surface area contributed by atoms with E-state index >= 15 is 0 Å². The van der Waals surface area contributed by atoms with E-state index in [4.69, 9.17) is 0 Å². The minimum absolute atomic E-state index is 0.237. The van der Waals surface area contributed by atoms with Crippen LogP contribution in [0.5, 0.6) is 0 Å². The Bertz CT molecular complexity index is 1020. The Balaban J connectivity index is 1.43. The monoisotopic (exact) mass is 395 g/mol. The lowest BCUT2D eigenvalue weighted by Gasteiger charge is -2.05. The fraction of sp³-hybridized carbons (Fsp3) is 0.0588. The van der Waals surface area contributed by atoms with Gasteiger partial charge in [-0.15, -0.1) is 26.6 Å². The highest BCUT2D eigenvalue weighted by molar-refractivity contribution is 7.99. The number of hydrogen-bond acceptors (Lipinski definition) is 8. The molecule has 0 fully saturated rings. The molecule has 1 aromatic carbocycles. The van der Waals surface area contributed by atoms with E-state index in [0.717, 1.165) is 4.88 Å². The summed E-state index contributed by atoms with van der Waals surface area (Å²) in [4.78, 5) is 13.4. The third kappa shape index (κ3) is 4.36. The second kappa shape index (κ2) is 8.06. The molecule has 27 heavy (non-hydrogen) atoms. The fourth-order valence-corrected chi connectivity index (χ4v) is 3.60. The van der Waals surface area contributed by atoms with Crippen molar-refractivity contribution in [3.8, 4) is 0 Å². The van der Waals surface area contributed by atoms with Gasteiger partial charge in [0.05, 0.1) is 6.54 Å². The molecule has 3 aromatic heterocycles. The van der Waals surface area contributed by atoms with E-state index in [1.54, 1.807) is 28.2 Å². The van der Waals surface area contributed by atoms with Gasteiger partial charge in [-0.05, 0) is 57.9 Å². The van der Waals surface area contributed by atoms with Gasteiger partial charge in [-0.3, -0.25) is 4.79 Å². The summed E-state index contributed by atoms with van der Waals surface area (Å²) >= 11 is 2.94. The lowest BCUT2D eigenvalue weighted by Crippen LogP contribution is -2.14. The number of carbonyl (C=O) groups excluding carboxylic acids is 1. The zero-order valence-corrected chi connectivity index (χ0v) is 15.5. The zero-order chi connectivity index (χ0) is 18.5. The average molecular weight is 395 g/mol. The number of amides is 1. The van der Waals surface area contributed by atoms with Gasteiger partial charge in [0.1, 0.15) is 5.03 Å². The van der Waals surface area contributed by atoms with Gasteiger partial charge in [0.2, 0.25) is 5.16 Å². The quantitative estimate of drug-likeness (QED) is 0.536. The minimum Gasteiger partial charge on any atom is -0.321 e. The molecule has 0 saturated carbocycles. The maximum absolute atomic E-state index is 12.2. The Kier molecular flexibility index (Phi) is 5.17. The standard InChI is InChI=1S/C17H13N7OS2/c25-16(18-12-5-2-1-3-6-12)14-8-9-15(20-19-14)27-17-21-22-23-24(17)11-13-7-4-10-26-13/h1-10H,11H2,(H,18,25). The summed E-state index contributed by atoms with van der Waals surface area (Å²) in [7, 11) is 0. The van der Waals surface area contributed by atoms with Crippen molar-refractivity contribution in [3.05, 3.63) is 70.5 Å². The second-order valence-electron chi connectivity index (χ2n) is 5.38. The second-order valence-corrected chi connectivity index (χ2v) is 7.40. The first-order chi connectivity index (χ1) is 13.3. The normalized spacial score (nSPS) is 10.7. The highest BCUT2D eigenvalue weighted by Gasteiger charge is 2.13. The summed E-state index contributed by atoms with van der Waals surface area (Å²) in [5.41, 5.74) is 0.942. The summed E-state index contributed by atoms with van der Waals surface area (Å²) < 4.78 is 1.70. The number of thiophene rings is 1. The summed E-state index contributed by atoms with van der Waals surface area (Å²) in [5, 5.41) is 25.9. The number of para-hydroxylation sites is 1. The highest BCUT2D eigenvalue weighted by atomic mass is 32.2. The molecule has 134 valence electrons. The molecular formula is C17H13N7OS2. The van der Waals surface area contributed by atoms with Crippen LogP contribution in [0, 0.1) is 0 Å². The van der Waals surface area contributed by atoms with Crippen LogP contribution in [0.2, 0.25) is 0 Å². The van der Waals surface area contributed by atoms with Crippen molar-refractivity contribution in [3.63, 3.8) is 0 Å². The van der Waals surface area contributed by atoms with Gasteiger partial charge in [0.15, 0.2) is 5.69 Å². The van der Waals surface area contributed by atoms with Crippen molar-refractivity contribution in [2.24, 2.45) is 0 Å². The predicted octanol–water partition coefficient (Wildman–Crippen LogP) is 2.98. The van der Waals surface area contributed by atoms with E-state index in [1.165, 1.54) is 11.8 Å². The van der Waals surface area contributed by atoms with Gasteiger partial charge < -0.3 is 5.32 Å². The summed E-state index contributed by atoms with van der Waals surface area (Å²) in [6, 6.07) is 16.6. The molecule has 0 atom stereocenters. The lowest BCUT2D eigenvalue weighted by molar-refractivity contribution is 0.102. The SMILES string of the molecule is O=C(Nc1ccccc1)c1ccc(Sc2nnnn2Cc2cccs2)nn1. The van der Waals surface area contributed by atoms with Gasteiger partial charge in [-0.1, -0.05) is 24.3 Å². The molecule has 0 radical (unpaired) electrons. The van der Waals surface area contributed by atoms with Gasteiger partial charge in [-0.2, -0.15) is 0 Å². The van der Waals surface area contributed by atoms with Crippen molar-refractivity contribution in [1.82, 2.24) is 30.4 Å². The summed E-state index contributed by atoms with van der Waals surface area (Å²) in [6.07, 6.45) is 0. The summed E-state index contributed by atoms with van der Waals surface area (Å²) in [6.45, 7) is 0.595. The highest BCUT2D eigenvalue weighted by Crippen LogP contribution is 2.24. The van der Waals surface area contributed by atoms with Crippen LogP contribution in [0.1, 0.15) is 15.4 Å². The molecule has 1 amide bonds. The molecule has 4 rings (SSSR count). The van der Waals surface area contributed by atoms with Gasteiger partial charge in [0, 0.05) is 10.6 Å². The van der Waals surface area contributed by atoms with E-state index in [-0.39, 0.29) is 11.6 Å². The maximum atomic E-state index is 12.2. The molecular weight excluding hydrogens is 382 g/mol. The molecule has 0 aliphatic carbocycles. The van der Waals surface area contributed by atoms with Crippen LogP contribution in [-0.4, -0.2) is 36.3 Å². The fourth-order valence-electron chi connectivity index (χ4n) is 2.22. The number of rotatable bonds is 6. The van der Waals surface area contributed by atoms with Crippen molar-refractivity contribution in [1.29, 1.82) is 0 Å². The van der Waals surface area contributed by atoms with Gasteiger partial charge >= 0.3 is 0 Å². The van der Waals surface area contributed by atoms with Crippen LogP contribution < -0.4 is 5.32 Å². The molecule has 0 aliphatic rings. The molecule has 0 spiro atoms. The smallest absolute Gasteiger partial charge is 0.276 e. The van der Waals surface area contributed by atoms with E-state index < -0.39 is 0 Å². The van der Waals surface area contributed by atoms with Crippen molar-refractivity contribution in [2.45, 2.75) is 16.7 Å². The number of anilines is 1. The van der Waals surface area contributed by atoms with E-state index in [2.05, 4.69) is 31.0 Å². The first-order valence-electron chi connectivity index (χ1n) is 7.94. The number of carbonyl (C=O) groups is 1. The first-order valence-corrected chi connectivity index (χ1v) is 9.64. The van der Waals surface area contributed by atoms with Crippen LogP contribution in [0.25, 0.3) is 0 Å². The average Bonchev–Trinajstić information content (AvgIpc) is 3.36. The zero-order valence-electron chi connectivity index (χ0n) is 13.9. The van der Waals surface area contributed by atoms with Crippen LogP contribution >= 0.6 is 23.1 Å². The molecule has 1 N–H and O–H groups in total. The van der Waals surface area contributed by atoms with Crippen molar-refractivity contribution in [2.75, 3.05) is 5.32 Å². The van der Waals surface area contributed by atoms with Gasteiger partial charge in [0.25, 0.3) is 5.91 Å². The van der Waals surface area contributed by atoms with E-state index in [1.807, 2.05) is 47.8 Å². The third-order valence-corrected chi connectivity index (χ3v) is 5.25. The van der Waals surface area contributed by atoms with Crippen LogP contribution in [-0.2, 0) is 6.54 Å². The van der Waals surface area contributed by atoms with Gasteiger partial charge in [-0.25, -0.2) is 4.68 Å². The largest absolute Gasteiger partial charge is 0.321 e. The Morgan fingerprint density at radius 3 is 2.67 bits per heavy atom. The van der Waals surface area contributed by atoms with Crippen molar-refractivity contribution < 1.29 is 4.79 Å². The molecule has 0 unspecified atom stereocenters. The number of benzene rings is 1. The Hall–Kier alpha value is -3.11.